The van der Waals surface area contributed by atoms with E-state index in [1.807, 2.05) is 12.1 Å². The predicted molar refractivity (Wildman–Crippen MR) is 136 cm³/mol. The lowest BCUT2D eigenvalue weighted by Gasteiger charge is -2.36. The molecule has 33 heavy (non-hydrogen) atoms. The summed E-state index contributed by atoms with van der Waals surface area (Å²) in [6.07, 6.45) is 3.10. The van der Waals surface area contributed by atoms with Gasteiger partial charge in [-0.15, -0.1) is 0 Å². The van der Waals surface area contributed by atoms with Gasteiger partial charge in [0.2, 0.25) is 0 Å². The second kappa shape index (κ2) is 9.81. The standard InChI is InChI=1S/C26H19ClN2O3S/c1-2-15-32-23-14-13-19(27)16-18(23)17-22-24(30)28(20-9-5-3-6-10-20)26(33)29(25(22)31)21-11-7-4-8-12-21/h2-14,16-17H,1,15H2. The molecule has 0 saturated carbocycles. The Labute approximate surface area is 202 Å². The average Bonchev–Trinajstić information content (AvgIpc) is 2.83. The average molecular weight is 475 g/mol. The third-order valence-corrected chi connectivity index (χ3v) is 5.51. The molecule has 0 unspecified atom stereocenters. The van der Waals surface area contributed by atoms with Crippen molar-refractivity contribution in [2.45, 2.75) is 0 Å². The molecule has 4 rings (SSSR count). The van der Waals surface area contributed by atoms with Crippen LogP contribution in [0.3, 0.4) is 0 Å². The number of ether oxygens (including phenoxy) is 1. The number of para-hydroxylation sites is 2. The number of carbonyl (C=O) groups excluding carboxylic acids is 2. The van der Waals surface area contributed by atoms with Crippen LogP contribution < -0.4 is 14.5 Å². The number of halogens is 1. The minimum Gasteiger partial charge on any atom is -0.489 e. The van der Waals surface area contributed by atoms with Gasteiger partial charge in [0.25, 0.3) is 11.8 Å². The van der Waals surface area contributed by atoms with Gasteiger partial charge >= 0.3 is 0 Å². The highest BCUT2D eigenvalue weighted by Gasteiger charge is 2.41. The smallest absolute Gasteiger partial charge is 0.270 e. The Bertz CT molecular complexity index is 1200. The summed E-state index contributed by atoms with van der Waals surface area (Å²) in [6.45, 7) is 3.92. The Balaban J connectivity index is 1.87. The molecule has 1 aliphatic heterocycles. The highest BCUT2D eigenvalue weighted by molar-refractivity contribution is 7.81. The van der Waals surface area contributed by atoms with E-state index in [0.29, 0.717) is 27.7 Å². The summed E-state index contributed by atoms with van der Waals surface area (Å²) in [5.41, 5.74) is 1.54. The summed E-state index contributed by atoms with van der Waals surface area (Å²) in [4.78, 5) is 29.8. The molecule has 7 heteroatoms. The van der Waals surface area contributed by atoms with Gasteiger partial charge in [0.05, 0.1) is 11.4 Å². The van der Waals surface area contributed by atoms with Crippen LogP contribution in [0.4, 0.5) is 11.4 Å². The van der Waals surface area contributed by atoms with Gasteiger partial charge in [-0.25, -0.2) is 0 Å². The fourth-order valence-electron chi connectivity index (χ4n) is 3.41. The number of hydrogen-bond donors (Lipinski definition) is 0. The topological polar surface area (TPSA) is 49.9 Å². The van der Waals surface area contributed by atoms with Crippen LogP contribution in [-0.2, 0) is 9.59 Å². The molecule has 0 atom stereocenters. The third-order valence-electron chi connectivity index (χ3n) is 4.91. The summed E-state index contributed by atoms with van der Waals surface area (Å²) in [5.74, 6) is -0.589. The van der Waals surface area contributed by atoms with Gasteiger partial charge < -0.3 is 4.74 Å². The van der Waals surface area contributed by atoms with Crippen molar-refractivity contribution in [1.29, 1.82) is 0 Å². The van der Waals surface area contributed by atoms with Crippen LogP contribution in [0.15, 0.2) is 97.1 Å². The first-order chi connectivity index (χ1) is 16.0. The largest absolute Gasteiger partial charge is 0.489 e. The number of benzene rings is 3. The molecule has 0 radical (unpaired) electrons. The molecule has 0 aliphatic carbocycles. The van der Waals surface area contributed by atoms with E-state index in [4.69, 9.17) is 28.6 Å². The van der Waals surface area contributed by atoms with E-state index in [9.17, 15) is 9.59 Å². The highest BCUT2D eigenvalue weighted by atomic mass is 35.5. The van der Waals surface area contributed by atoms with Crippen LogP contribution in [0.1, 0.15) is 5.56 Å². The molecule has 0 N–H and O–H groups in total. The maximum Gasteiger partial charge on any atom is 0.270 e. The second-order valence-electron chi connectivity index (χ2n) is 7.07. The van der Waals surface area contributed by atoms with Gasteiger partial charge in [0.1, 0.15) is 17.9 Å². The lowest BCUT2D eigenvalue weighted by molar-refractivity contribution is -0.120. The molecular weight excluding hydrogens is 456 g/mol. The Morgan fingerprint density at radius 3 is 1.94 bits per heavy atom. The number of anilines is 2. The van der Waals surface area contributed by atoms with Gasteiger partial charge in [0.15, 0.2) is 5.11 Å². The number of rotatable bonds is 6. The summed E-state index contributed by atoms with van der Waals surface area (Å²) >= 11 is 11.8. The van der Waals surface area contributed by atoms with Gasteiger partial charge in [-0.05, 0) is 60.8 Å². The van der Waals surface area contributed by atoms with Crippen molar-refractivity contribution in [1.82, 2.24) is 0 Å². The lowest BCUT2D eigenvalue weighted by atomic mass is 10.0. The summed E-state index contributed by atoms with van der Waals surface area (Å²) < 4.78 is 5.70. The minimum absolute atomic E-state index is 0.0676. The lowest BCUT2D eigenvalue weighted by Crippen LogP contribution is -2.56. The van der Waals surface area contributed by atoms with E-state index >= 15 is 0 Å². The number of nitrogens with zero attached hydrogens (tertiary/aromatic N) is 2. The van der Waals surface area contributed by atoms with Gasteiger partial charge in [-0.1, -0.05) is 60.7 Å². The number of thiocarbonyl (C=S) groups is 1. The van der Waals surface area contributed by atoms with E-state index in [1.54, 1.807) is 72.8 Å². The van der Waals surface area contributed by atoms with E-state index in [0.717, 1.165) is 0 Å². The molecule has 0 spiro atoms. The molecule has 0 aromatic heterocycles. The van der Waals surface area contributed by atoms with Crippen LogP contribution in [0, 0.1) is 0 Å². The summed E-state index contributed by atoms with van der Waals surface area (Å²) in [5, 5.41) is 0.521. The van der Waals surface area contributed by atoms with Crippen LogP contribution in [0.2, 0.25) is 5.02 Å². The fraction of sp³-hybridized carbons (Fsp3) is 0.0385. The van der Waals surface area contributed by atoms with Crippen molar-refractivity contribution in [2.75, 3.05) is 16.4 Å². The zero-order valence-corrected chi connectivity index (χ0v) is 19.1. The van der Waals surface area contributed by atoms with Crippen LogP contribution in [0.5, 0.6) is 5.75 Å². The zero-order valence-electron chi connectivity index (χ0n) is 17.5. The molecule has 3 aromatic carbocycles. The van der Waals surface area contributed by atoms with E-state index < -0.39 is 11.8 Å². The summed E-state index contributed by atoms with van der Waals surface area (Å²) in [6, 6.07) is 22.9. The number of carbonyl (C=O) groups is 2. The maximum atomic E-state index is 13.6. The van der Waals surface area contributed by atoms with E-state index in [1.165, 1.54) is 15.9 Å². The predicted octanol–water partition coefficient (Wildman–Crippen LogP) is 5.65. The van der Waals surface area contributed by atoms with E-state index in [-0.39, 0.29) is 17.3 Å². The molecule has 0 bridgehead atoms. The van der Waals surface area contributed by atoms with Crippen molar-refractivity contribution in [3.8, 4) is 5.75 Å². The molecule has 5 nitrogen and oxygen atoms in total. The second-order valence-corrected chi connectivity index (χ2v) is 7.88. The number of amides is 2. The van der Waals surface area contributed by atoms with Gasteiger partial charge in [0, 0.05) is 10.6 Å². The third kappa shape index (κ3) is 4.58. The van der Waals surface area contributed by atoms with Gasteiger partial charge in [-0.3, -0.25) is 19.4 Å². The molecule has 164 valence electrons. The number of hydrogen-bond acceptors (Lipinski definition) is 4. The van der Waals surface area contributed by atoms with Crippen molar-refractivity contribution in [2.24, 2.45) is 0 Å². The maximum absolute atomic E-state index is 13.6. The molecule has 3 aromatic rings. The Kier molecular flexibility index (Phi) is 6.68. The molecule has 1 saturated heterocycles. The Morgan fingerprint density at radius 1 is 0.879 bits per heavy atom. The van der Waals surface area contributed by atoms with Crippen LogP contribution >= 0.6 is 23.8 Å². The molecule has 1 fully saturated rings. The van der Waals surface area contributed by atoms with Crippen molar-refractivity contribution < 1.29 is 14.3 Å². The SMILES string of the molecule is C=CCOc1ccc(Cl)cc1C=C1C(=O)N(c2ccccc2)C(=S)N(c2ccccc2)C1=O. The highest BCUT2D eigenvalue weighted by Crippen LogP contribution is 2.32. The van der Waals surface area contributed by atoms with Crippen molar-refractivity contribution in [3.05, 3.63) is 108 Å². The van der Waals surface area contributed by atoms with Crippen molar-refractivity contribution in [3.63, 3.8) is 0 Å². The van der Waals surface area contributed by atoms with E-state index in [2.05, 4.69) is 6.58 Å². The quantitative estimate of drug-likeness (QED) is 0.200. The van der Waals surface area contributed by atoms with Crippen LogP contribution in [-0.4, -0.2) is 23.5 Å². The molecule has 1 aliphatic rings. The van der Waals surface area contributed by atoms with Gasteiger partial charge in [-0.2, -0.15) is 0 Å². The minimum atomic E-state index is -0.530. The Morgan fingerprint density at radius 2 is 1.42 bits per heavy atom. The Hall–Kier alpha value is -3.74. The summed E-state index contributed by atoms with van der Waals surface area (Å²) in [7, 11) is 0. The monoisotopic (exact) mass is 474 g/mol. The molecule has 1 heterocycles. The first-order valence-electron chi connectivity index (χ1n) is 10.1. The molecular formula is C26H19ClN2O3S. The van der Waals surface area contributed by atoms with Crippen LogP contribution in [0.25, 0.3) is 6.08 Å². The normalized spacial score (nSPS) is 13.8. The first-order valence-corrected chi connectivity index (χ1v) is 10.9. The molecule has 2 amide bonds. The fourth-order valence-corrected chi connectivity index (χ4v) is 3.96. The zero-order chi connectivity index (χ0) is 23.4. The van der Waals surface area contributed by atoms with Crippen molar-refractivity contribution >= 4 is 58.2 Å². The first kappa shape index (κ1) is 22.5.